The van der Waals surface area contributed by atoms with Crippen molar-refractivity contribution < 1.29 is 5.11 Å². The molecule has 2 aromatic carbocycles. The third-order valence-corrected chi connectivity index (χ3v) is 5.35. The van der Waals surface area contributed by atoms with Gasteiger partial charge in [-0.25, -0.2) is 0 Å². The molecule has 0 fully saturated rings. The van der Waals surface area contributed by atoms with Crippen molar-refractivity contribution in [3.05, 3.63) is 78.0 Å². The number of fused-ring (bicyclic) bond motifs is 1. The number of nitrogens with one attached hydrogen (secondary N) is 1. The van der Waals surface area contributed by atoms with Crippen molar-refractivity contribution in [3.63, 3.8) is 0 Å². The fourth-order valence-corrected chi connectivity index (χ4v) is 3.97. The van der Waals surface area contributed by atoms with Crippen LogP contribution < -0.4 is 0 Å². The fraction of sp³-hybridized carbons (Fsp3) is 0.304. The highest BCUT2D eigenvalue weighted by atomic mass is 16.3. The fourth-order valence-electron chi connectivity index (χ4n) is 3.97. The molecular formula is C23H26N2O. The van der Waals surface area contributed by atoms with Crippen molar-refractivity contribution in [1.82, 2.24) is 9.88 Å². The average Bonchev–Trinajstić information content (AvgIpc) is 3.11. The Balaban J connectivity index is 1.29. The number of hydrogen-bond donors (Lipinski definition) is 2. The number of aromatic amines is 1. The zero-order valence-electron chi connectivity index (χ0n) is 15.1. The van der Waals surface area contributed by atoms with Crippen LogP contribution in [0.3, 0.4) is 0 Å². The van der Waals surface area contributed by atoms with Gasteiger partial charge in [0.05, 0.1) is 0 Å². The second kappa shape index (κ2) is 7.79. The summed E-state index contributed by atoms with van der Waals surface area (Å²) >= 11 is 0. The molecule has 3 nitrogen and oxygen atoms in total. The Bertz CT molecular complexity index is 882. The van der Waals surface area contributed by atoms with Crippen LogP contribution in [0, 0.1) is 0 Å². The summed E-state index contributed by atoms with van der Waals surface area (Å²) in [6, 6.07) is 16.4. The summed E-state index contributed by atoms with van der Waals surface area (Å²) in [6.45, 7) is 3.29. The molecule has 0 saturated carbocycles. The van der Waals surface area contributed by atoms with Crippen molar-refractivity contribution >= 4 is 10.9 Å². The van der Waals surface area contributed by atoms with E-state index in [9.17, 15) is 5.11 Å². The van der Waals surface area contributed by atoms with Crippen LogP contribution in [0.25, 0.3) is 10.9 Å². The molecule has 0 spiro atoms. The third-order valence-electron chi connectivity index (χ3n) is 5.35. The Morgan fingerprint density at radius 3 is 2.81 bits per heavy atom. The van der Waals surface area contributed by atoms with Crippen LogP contribution in [-0.4, -0.2) is 34.6 Å². The van der Waals surface area contributed by atoms with Crippen LogP contribution >= 0.6 is 0 Å². The molecule has 1 aromatic heterocycles. The van der Waals surface area contributed by atoms with Gasteiger partial charge in [0.2, 0.25) is 0 Å². The van der Waals surface area contributed by atoms with E-state index >= 15 is 0 Å². The largest absolute Gasteiger partial charge is 0.507 e. The lowest BCUT2D eigenvalue weighted by molar-refractivity contribution is 0.278. The van der Waals surface area contributed by atoms with Crippen molar-refractivity contribution in [2.75, 3.05) is 19.6 Å². The van der Waals surface area contributed by atoms with E-state index in [4.69, 9.17) is 0 Å². The molecule has 0 aliphatic carbocycles. The van der Waals surface area contributed by atoms with E-state index < -0.39 is 0 Å². The molecule has 4 rings (SSSR count). The maximum Gasteiger partial charge on any atom is 0.125 e. The van der Waals surface area contributed by atoms with Gasteiger partial charge in [-0.05, 0) is 49.1 Å². The van der Waals surface area contributed by atoms with Gasteiger partial charge < -0.3 is 10.1 Å². The molecule has 1 aliphatic rings. The molecule has 0 radical (unpaired) electrons. The minimum atomic E-state index is 0.380. The van der Waals surface area contributed by atoms with Crippen LogP contribution in [0.4, 0.5) is 0 Å². The van der Waals surface area contributed by atoms with Gasteiger partial charge in [0, 0.05) is 36.1 Å². The van der Waals surface area contributed by atoms with Gasteiger partial charge in [-0.15, -0.1) is 0 Å². The molecular weight excluding hydrogens is 320 g/mol. The van der Waals surface area contributed by atoms with E-state index in [2.05, 4.69) is 52.4 Å². The highest BCUT2D eigenvalue weighted by molar-refractivity contribution is 5.88. The van der Waals surface area contributed by atoms with E-state index in [1.54, 1.807) is 6.07 Å². The number of phenols is 1. The van der Waals surface area contributed by atoms with E-state index in [0.717, 1.165) is 43.4 Å². The number of benzene rings is 2. The van der Waals surface area contributed by atoms with Crippen LogP contribution in [-0.2, 0) is 6.42 Å². The van der Waals surface area contributed by atoms with E-state index in [-0.39, 0.29) is 0 Å². The number of H-pyrrole nitrogens is 1. The van der Waals surface area contributed by atoms with Gasteiger partial charge in [0.1, 0.15) is 5.75 Å². The summed E-state index contributed by atoms with van der Waals surface area (Å²) in [4.78, 5) is 5.81. The normalized spacial score (nSPS) is 17.8. The number of phenolic OH excluding ortho intramolecular Hbond substituents is 1. The molecule has 1 atom stereocenters. The van der Waals surface area contributed by atoms with Gasteiger partial charge in [0.15, 0.2) is 0 Å². The predicted molar refractivity (Wildman–Crippen MR) is 108 cm³/mol. The maximum atomic E-state index is 10.1. The average molecular weight is 346 g/mol. The van der Waals surface area contributed by atoms with Gasteiger partial charge >= 0.3 is 0 Å². The smallest absolute Gasteiger partial charge is 0.125 e. The first-order chi connectivity index (χ1) is 12.8. The second-order valence-electron chi connectivity index (χ2n) is 7.18. The summed E-state index contributed by atoms with van der Waals surface area (Å²) in [5.74, 6) is 0.890. The molecule has 0 saturated heterocycles. The number of aromatic nitrogens is 1. The summed E-state index contributed by atoms with van der Waals surface area (Å²) < 4.78 is 0. The molecule has 3 heteroatoms. The Labute approximate surface area is 155 Å². The lowest BCUT2D eigenvalue weighted by atomic mass is 9.95. The summed E-state index contributed by atoms with van der Waals surface area (Å²) in [5.41, 5.74) is 3.65. The quantitative estimate of drug-likeness (QED) is 0.495. The topological polar surface area (TPSA) is 39.3 Å². The van der Waals surface area contributed by atoms with E-state index in [0.29, 0.717) is 11.7 Å². The molecule has 2 N–H and O–H groups in total. The Morgan fingerprint density at radius 2 is 1.92 bits per heavy atom. The highest BCUT2D eigenvalue weighted by Gasteiger charge is 2.16. The van der Waals surface area contributed by atoms with Crippen molar-refractivity contribution in [3.8, 4) is 5.75 Å². The minimum absolute atomic E-state index is 0.380. The SMILES string of the molecule is Oc1cccc2[nH]cc(CCCCN3CC=CC(c4ccccc4)C3)c12. The first kappa shape index (κ1) is 16.9. The molecule has 1 unspecified atom stereocenters. The zero-order chi connectivity index (χ0) is 17.8. The number of rotatable bonds is 6. The monoisotopic (exact) mass is 346 g/mol. The summed E-state index contributed by atoms with van der Waals surface area (Å²) in [5, 5.41) is 11.1. The van der Waals surface area contributed by atoms with Crippen LogP contribution in [0.15, 0.2) is 66.9 Å². The molecule has 0 bridgehead atoms. The molecule has 1 aliphatic heterocycles. The molecule has 2 heterocycles. The molecule has 3 aromatic rings. The summed E-state index contributed by atoms with van der Waals surface area (Å²) in [6.07, 6.45) is 10.0. The molecule has 134 valence electrons. The second-order valence-corrected chi connectivity index (χ2v) is 7.18. The van der Waals surface area contributed by atoms with Crippen molar-refractivity contribution in [1.29, 1.82) is 0 Å². The van der Waals surface area contributed by atoms with Crippen molar-refractivity contribution in [2.24, 2.45) is 0 Å². The first-order valence-corrected chi connectivity index (χ1v) is 9.53. The highest BCUT2D eigenvalue weighted by Crippen LogP contribution is 2.28. The van der Waals surface area contributed by atoms with E-state index in [1.165, 1.54) is 17.5 Å². The molecule has 0 amide bonds. The standard InChI is InChI=1S/C23H26N2O/c26-22-13-6-12-21-23(22)19(16-24-21)10-4-5-14-25-15-7-11-20(17-25)18-8-2-1-3-9-18/h1-3,6-9,11-13,16,20,24,26H,4-5,10,14-15,17H2. The Morgan fingerprint density at radius 1 is 1.04 bits per heavy atom. The lowest BCUT2D eigenvalue weighted by Crippen LogP contribution is -2.32. The van der Waals surface area contributed by atoms with Crippen LogP contribution in [0.1, 0.15) is 29.9 Å². The maximum absolute atomic E-state index is 10.1. The number of hydrogen-bond acceptors (Lipinski definition) is 2. The third kappa shape index (κ3) is 3.68. The Hall–Kier alpha value is -2.52. The first-order valence-electron chi connectivity index (χ1n) is 9.53. The molecule has 26 heavy (non-hydrogen) atoms. The van der Waals surface area contributed by atoms with Gasteiger partial charge in [-0.3, -0.25) is 4.90 Å². The number of aryl methyl sites for hydroxylation is 1. The zero-order valence-corrected chi connectivity index (χ0v) is 15.1. The van der Waals surface area contributed by atoms with Gasteiger partial charge in [-0.1, -0.05) is 48.6 Å². The van der Waals surface area contributed by atoms with Gasteiger partial charge in [-0.2, -0.15) is 0 Å². The van der Waals surface area contributed by atoms with E-state index in [1.807, 2.05) is 18.3 Å². The van der Waals surface area contributed by atoms with Crippen LogP contribution in [0.2, 0.25) is 0 Å². The minimum Gasteiger partial charge on any atom is -0.507 e. The lowest BCUT2D eigenvalue weighted by Gasteiger charge is -2.29. The van der Waals surface area contributed by atoms with Crippen LogP contribution in [0.5, 0.6) is 5.75 Å². The number of unbranched alkanes of at least 4 members (excludes halogenated alkanes) is 1. The predicted octanol–water partition coefficient (Wildman–Crippen LogP) is 4.85. The summed E-state index contributed by atoms with van der Waals surface area (Å²) in [7, 11) is 0. The van der Waals surface area contributed by atoms with Gasteiger partial charge in [0.25, 0.3) is 0 Å². The number of aromatic hydroxyl groups is 1. The van der Waals surface area contributed by atoms with Crippen molar-refractivity contribution in [2.45, 2.75) is 25.2 Å². The Kier molecular flexibility index (Phi) is 5.07. The number of nitrogens with zero attached hydrogens (tertiary/aromatic N) is 1.